The lowest BCUT2D eigenvalue weighted by molar-refractivity contribution is -0.870. The van der Waals surface area contributed by atoms with Crippen LogP contribution in [0.2, 0.25) is 0 Å². The molecule has 0 saturated heterocycles. The summed E-state index contributed by atoms with van der Waals surface area (Å²) in [5.74, 6) is -2.23. The zero-order chi connectivity index (χ0) is 76.7. The van der Waals surface area contributed by atoms with Crippen molar-refractivity contribution in [2.24, 2.45) is 0 Å². The molecule has 0 aromatic carbocycles. The van der Waals surface area contributed by atoms with Crippen molar-refractivity contribution < 1.29 is 42.9 Å². The van der Waals surface area contributed by atoms with Gasteiger partial charge in [0, 0.05) is 12.8 Å². The smallest absolute Gasteiger partial charge is 0.306 e. The summed E-state index contributed by atoms with van der Waals surface area (Å²) in [7, 11) is 5.97. The Kier molecular flexibility index (Phi) is 87.4. The molecule has 0 heterocycles. The SMILES string of the molecule is CCCCCCCCCCCCCCCCCCCCCCCCCCCCCCCCCCCCCCCCCCCC(=O)OC(COC(=O)CCCCCCCCCCCCCCCCCCCCCCCCCCCCCCCCCCCCCCCCCC)COC(OCC[N+](C)(C)C)C(=O)[O-]. The second kappa shape index (κ2) is 88.8. The third-order valence-corrected chi connectivity index (χ3v) is 23.1. The van der Waals surface area contributed by atoms with E-state index in [9.17, 15) is 19.5 Å². The Morgan fingerprint density at radius 2 is 0.425 bits per heavy atom. The molecule has 9 heteroatoms. The molecule has 9 nitrogen and oxygen atoms in total. The van der Waals surface area contributed by atoms with Gasteiger partial charge in [0.25, 0.3) is 0 Å². The quantitative estimate of drug-likeness (QED) is 0.0256. The summed E-state index contributed by atoms with van der Waals surface area (Å²) in [5.41, 5.74) is 0. The lowest BCUT2D eigenvalue weighted by atomic mass is 10.0. The number of quaternary nitrogens is 1. The molecule has 0 fully saturated rings. The monoisotopic (exact) mass is 1500 g/mol. The van der Waals surface area contributed by atoms with Crippen LogP contribution in [0.5, 0.6) is 0 Å². The summed E-state index contributed by atoms with van der Waals surface area (Å²) in [6, 6.07) is 0. The molecule has 2 atom stereocenters. The third kappa shape index (κ3) is 89.5. The van der Waals surface area contributed by atoms with E-state index in [1.54, 1.807) is 0 Å². The normalized spacial score (nSPS) is 12.4. The average Bonchev–Trinajstić information content (AvgIpc) is 0.935. The largest absolute Gasteiger partial charge is 0.545 e. The highest BCUT2D eigenvalue weighted by Gasteiger charge is 2.22. The molecule has 106 heavy (non-hydrogen) atoms. The van der Waals surface area contributed by atoms with Crippen LogP contribution in [0.3, 0.4) is 0 Å². The Morgan fingerprint density at radius 1 is 0.245 bits per heavy atom. The molecule has 0 radical (unpaired) electrons. The second-order valence-electron chi connectivity index (χ2n) is 35.1. The van der Waals surface area contributed by atoms with E-state index < -0.39 is 24.3 Å². The topological polar surface area (TPSA) is 111 Å². The summed E-state index contributed by atoms with van der Waals surface area (Å²) >= 11 is 0. The van der Waals surface area contributed by atoms with Gasteiger partial charge in [0.1, 0.15) is 13.2 Å². The van der Waals surface area contributed by atoms with Gasteiger partial charge in [-0.2, -0.15) is 0 Å². The van der Waals surface area contributed by atoms with E-state index in [1.165, 1.54) is 482 Å². The number of hydrogen-bond acceptors (Lipinski definition) is 8. The second-order valence-corrected chi connectivity index (χ2v) is 35.1. The summed E-state index contributed by atoms with van der Waals surface area (Å²) in [4.78, 5) is 37.7. The van der Waals surface area contributed by atoms with Crippen LogP contribution in [0.4, 0.5) is 0 Å². The number of unbranched alkanes of at least 4 members (excludes halogenated alkanes) is 79. The molecule has 0 aliphatic heterocycles. The number of hydrogen-bond donors (Lipinski definition) is 0. The van der Waals surface area contributed by atoms with Crippen LogP contribution in [0.25, 0.3) is 0 Å². The fourth-order valence-corrected chi connectivity index (χ4v) is 15.7. The van der Waals surface area contributed by atoms with Crippen molar-refractivity contribution in [3.63, 3.8) is 0 Å². The fourth-order valence-electron chi connectivity index (χ4n) is 15.7. The van der Waals surface area contributed by atoms with Gasteiger partial charge in [-0.15, -0.1) is 0 Å². The van der Waals surface area contributed by atoms with E-state index in [0.717, 1.165) is 38.5 Å². The molecule has 0 saturated carbocycles. The Balaban J connectivity index is 3.82. The first-order chi connectivity index (χ1) is 52.1. The van der Waals surface area contributed by atoms with E-state index >= 15 is 0 Å². The molecule has 0 aliphatic rings. The molecule has 0 spiro atoms. The lowest BCUT2D eigenvalue weighted by Crippen LogP contribution is -2.44. The van der Waals surface area contributed by atoms with E-state index in [1.807, 2.05) is 21.1 Å². The fraction of sp³-hybridized carbons (Fsp3) is 0.969. The van der Waals surface area contributed by atoms with Crippen molar-refractivity contribution in [1.29, 1.82) is 0 Å². The van der Waals surface area contributed by atoms with Gasteiger partial charge in [-0.25, -0.2) is 0 Å². The Bertz CT molecular complexity index is 1700. The van der Waals surface area contributed by atoms with E-state index in [4.69, 9.17) is 18.9 Å². The number of ether oxygens (including phenoxy) is 4. The van der Waals surface area contributed by atoms with Crippen LogP contribution in [0, 0.1) is 0 Å². The minimum Gasteiger partial charge on any atom is -0.545 e. The van der Waals surface area contributed by atoms with Gasteiger partial charge in [0.2, 0.25) is 0 Å². The number of aliphatic carboxylic acids is 1. The van der Waals surface area contributed by atoms with Crippen LogP contribution >= 0.6 is 0 Å². The standard InChI is InChI=1S/C97H191NO8/c1-6-8-10-12-14-16-18-20-22-24-26-28-30-32-34-36-38-40-42-44-46-48-50-52-54-56-58-60-62-64-66-68-70-72-74-76-78-80-82-84-86-88-95(100)106-93(92-105-97(96(101)102)103-90-89-98(3,4)5)91-104-94(99)87-85-83-81-79-77-75-73-71-69-67-65-63-61-59-57-55-53-51-49-47-45-43-41-39-37-35-33-31-29-27-25-23-21-19-17-15-13-11-9-7-2/h93,97H,6-92H2,1-5H3. The Hall–Kier alpha value is -1.71. The van der Waals surface area contributed by atoms with Gasteiger partial charge in [-0.3, -0.25) is 9.59 Å². The number of carbonyl (C=O) groups is 3. The summed E-state index contributed by atoms with van der Waals surface area (Å²) in [5, 5.41) is 11.9. The summed E-state index contributed by atoms with van der Waals surface area (Å²) in [6.45, 7) is 4.87. The van der Waals surface area contributed by atoms with Gasteiger partial charge < -0.3 is 33.3 Å². The minimum atomic E-state index is -1.62. The number of carboxylic acids is 1. The van der Waals surface area contributed by atoms with Gasteiger partial charge in [-0.1, -0.05) is 521 Å². The highest BCUT2D eigenvalue weighted by atomic mass is 16.7. The van der Waals surface area contributed by atoms with Crippen molar-refractivity contribution in [3.05, 3.63) is 0 Å². The van der Waals surface area contributed by atoms with Crippen LogP contribution in [0.15, 0.2) is 0 Å². The molecule has 632 valence electrons. The molecule has 0 N–H and O–H groups in total. The van der Waals surface area contributed by atoms with E-state index in [2.05, 4.69) is 13.8 Å². The van der Waals surface area contributed by atoms with E-state index in [0.29, 0.717) is 17.4 Å². The zero-order valence-electron chi connectivity index (χ0n) is 72.9. The summed E-state index contributed by atoms with van der Waals surface area (Å²) < 4.78 is 23.0. The number of carboxylic acid groups (broad SMARTS) is 1. The number of likely N-dealkylation sites (N-methyl/N-ethyl adjacent to an activating group) is 1. The molecule has 2 unspecified atom stereocenters. The molecule has 0 bridgehead atoms. The number of carbonyl (C=O) groups excluding carboxylic acids is 3. The maximum absolute atomic E-state index is 13.0. The van der Waals surface area contributed by atoms with Crippen molar-refractivity contribution in [2.45, 2.75) is 559 Å². The maximum Gasteiger partial charge on any atom is 0.306 e. The van der Waals surface area contributed by atoms with Crippen LogP contribution < -0.4 is 5.11 Å². The van der Waals surface area contributed by atoms with Crippen LogP contribution in [-0.4, -0.2) is 82.3 Å². The van der Waals surface area contributed by atoms with Crippen molar-refractivity contribution in [1.82, 2.24) is 0 Å². The molecule has 0 aliphatic carbocycles. The maximum atomic E-state index is 13.0. The highest BCUT2D eigenvalue weighted by Crippen LogP contribution is 2.23. The molecule has 0 aromatic heterocycles. The molecule has 0 rings (SSSR count). The molecular formula is C97H191NO8. The number of rotatable bonds is 94. The molecule has 0 amide bonds. The first-order valence-electron chi connectivity index (χ1n) is 48.7. The van der Waals surface area contributed by atoms with Gasteiger partial charge >= 0.3 is 11.9 Å². The predicted molar refractivity (Wildman–Crippen MR) is 459 cm³/mol. The third-order valence-electron chi connectivity index (χ3n) is 23.1. The van der Waals surface area contributed by atoms with Gasteiger partial charge in [0.15, 0.2) is 12.4 Å². The van der Waals surface area contributed by atoms with E-state index in [-0.39, 0.29) is 32.2 Å². The van der Waals surface area contributed by atoms with Gasteiger partial charge in [-0.05, 0) is 12.8 Å². The van der Waals surface area contributed by atoms with Crippen molar-refractivity contribution >= 4 is 17.9 Å². The van der Waals surface area contributed by atoms with Crippen LogP contribution in [-0.2, 0) is 33.3 Å². The zero-order valence-corrected chi connectivity index (χ0v) is 72.9. The highest BCUT2D eigenvalue weighted by molar-refractivity contribution is 5.70. The first kappa shape index (κ1) is 104. The number of nitrogens with zero attached hydrogens (tertiary/aromatic N) is 1. The van der Waals surface area contributed by atoms with Crippen molar-refractivity contribution in [3.8, 4) is 0 Å². The van der Waals surface area contributed by atoms with Gasteiger partial charge in [0.05, 0.1) is 40.3 Å². The average molecular weight is 1500 g/mol. The van der Waals surface area contributed by atoms with Crippen molar-refractivity contribution in [2.75, 3.05) is 47.5 Å². The predicted octanol–water partition coefficient (Wildman–Crippen LogP) is 30.7. The van der Waals surface area contributed by atoms with Crippen LogP contribution in [0.1, 0.15) is 547 Å². The summed E-state index contributed by atoms with van der Waals surface area (Å²) in [6.07, 6.45) is 110. The lowest BCUT2D eigenvalue weighted by Gasteiger charge is -2.26. The number of esters is 2. The minimum absolute atomic E-state index is 0.154. The Labute approximate surface area is 663 Å². The first-order valence-corrected chi connectivity index (χ1v) is 48.7. The molecule has 0 aromatic rings. The molecular weight excluding hydrogens is 1310 g/mol. The Morgan fingerprint density at radius 3 is 0.604 bits per heavy atom.